The number of carbonyl (C=O) groups is 1. The van der Waals surface area contributed by atoms with Crippen molar-refractivity contribution in [1.29, 1.82) is 0 Å². The number of ether oxygens (including phenoxy) is 2. The van der Waals surface area contributed by atoms with Gasteiger partial charge < -0.3 is 40.3 Å². The van der Waals surface area contributed by atoms with Gasteiger partial charge in [0.1, 0.15) is 24.4 Å². The van der Waals surface area contributed by atoms with E-state index in [1.54, 1.807) is 0 Å². The second kappa shape index (κ2) is 46.6. The molecule has 0 saturated carbocycles. The Morgan fingerprint density at radius 2 is 0.877 bits per heavy atom. The summed E-state index contributed by atoms with van der Waals surface area (Å²) in [5, 5.41) is 54.5. The lowest BCUT2D eigenvalue weighted by Crippen LogP contribution is -2.60. The smallest absolute Gasteiger partial charge is 0.220 e. The molecule has 0 aliphatic carbocycles. The van der Waals surface area contributed by atoms with Crippen LogP contribution < -0.4 is 5.32 Å². The fourth-order valence-corrected chi connectivity index (χ4v) is 9.32. The van der Waals surface area contributed by atoms with Crippen LogP contribution in [0.2, 0.25) is 0 Å². The predicted octanol–water partition coefficient (Wildman–Crippen LogP) is 13.6. The molecule has 0 radical (unpaired) electrons. The molecule has 386 valence electrons. The van der Waals surface area contributed by atoms with Crippen LogP contribution in [0.1, 0.15) is 284 Å². The number of allylic oxidation sites excluding steroid dienone is 2. The van der Waals surface area contributed by atoms with E-state index >= 15 is 0 Å². The van der Waals surface area contributed by atoms with Gasteiger partial charge in [-0.15, -0.1) is 0 Å². The largest absolute Gasteiger partial charge is 0.394 e. The minimum atomic E-state index is -1.55. The second-order valence-corrected chi connectivity index (χ2v) is 20.1. The van der Waals surface area contributed by atoms with E-state index in [0.717, 1.165) is 64.2 Å². The number of nitrogens with one attached hydrogen (secondary N) is 1. The summed E-state index contributed by atoms with van der Waals surface area (Å²) in [6.45, 7) is 3.82. The summed E-state index contributed by atoms with van der Waals surface area (Å²) in [5.74, 6) is -0.152. The molecule has 1 aliphatic heterocycles. The number of rotatable bonds is 49. The van der Waals surface area contributed by atoms with Gasteiger partial charge in [-0.05, 0) is 32.1 Å². The summed E-state index contributed by atoms with van der Waals surface area (Å²) in [7, 11) is 0. The third kappa shape index (κ3) is 36.6. The van der Waals surface area contributed by atoms with Crippen LogP contribution in [0, 0.1) is 0 Å². The molecule has 7 unspecified atom stereocenters. The lowest BCUT2D eigenvalue weighted by Gasteiger charge is -2.40. The van der Waals surface area contributed by atoms with Gasteiger partial charge in [0.05, 0.1) is 25.4 Å². The molecule has 9 heteroatoms. The zero-order valence-corrected chi connectivity index (χ0v) is 42.8. The van der Waals surface area contributed by atoms with Gasteiger partial charge in [-0.3, -0.25) is 4.79 Å². The Labute approximate surface area is 401 Å². The van der Waals surface area contributed by atoms with Crippen molar-refractivity contribution in [3.05, 3.63) is 12.2 Å². The Kier molecular flexibility index (Phi) is 44.5. The molecule has 7 atom stereocenters. The molecule has 65 heavy (non-hydrogen) atoms. The molecule has 1 rings (SSSR count). The van der Waals surface area contributed by atoms with Crippen LogP contribution in [-0.4, -0.2) is 87.5 Å². The lowest BCUT2D eigenvalue weighted by atomic mass is 9.99. The molecule has 0 spiro atoms. The molecule has 1 aliphatic rings. The minimum absolute atomic E-state index is 0.138. The molecule has 1 heterocycles. The number of hydrogen-bond donors (Lipinski definition) is 6. The fourth-order valence-electron chi connectivity index (χ4n) is 9.32. The highest BCUT2D eigenvalue weighted by atomic mass is 16.7. The van der Waals surface area contributed by atoms with Gasteiger partial charge in [0.15, 0.2) is 6.29 Å². The molecule has 1 saturated heterocycles. The minimum Gasteiger partial charge on any atom is -0.394 e. The molecule has 6 N–H and O–H groups in total. The average Bonchev–Trinajstić information content (AvgIpc) is 3.31. The summed E-state index contributed by atoms with van der Waals surface area (Å²) >= 11 is 0. The Hall–Kier alpha value is -1.07. The zero-order chi connectivity index (χ0) is 47.3. The van der Waals surface area contributed by atoms with Gasteiger partial charge in [0.25, 0.3) is 0 Å². The SMILES string of the molecule is CCCC/C=C\CCCCCCCC(=O)NC(COC1OC(CO)C(O)C(O)C1O)C(O)CCCCCCCCCCCCCCCCCCCCCCCCCCCCCCCCC. The number of unbranched alkanes of at least 4 members (excludes halogenated alkanes) is 37. The van der Waals surface area contributed by atoms with E-state index in [1.807, 2.05) is 0 Å². The average molecular weight is 924 g/mol. The Bertz CT molecular complexity index is 1030. The van der Waals surface area contributed by atoms with E-state index in [9.17, 15) is 30.3 Å². The summed E-state index contributed by atoms with van der Waals surface area (Å²) in [6.07, 6.45) is 49.8. The maximum absolute atomic E-state index is 13.0. The third-order valence-corrected chi connectivity index (χ3v) is 13.9. The Balaban J connectivity index is 2.09. The van der Waals surface area contributed by atoms with Crippen LogP contribution >= 0.6 is 0 Å². The first kappa shape index (κ1) is 61.9. The number of hydrogen-bond acceptors (Lipinski definition) is 8. The van der Waals surface area contributed by atoms with Crippen molar-refractivity contribution < 1.29 is 39.8 Å². The first-order chi connectivity index (χ1) is 31.8. The number of carbonyl (C=O) groups excluding carboxylic acids is 1. The van der Waals surface area contributed by atoms with Gasteiger partial charge in [-0.1, -0.05) is 257 Å². The Morgan fingerprint density at radius 1 is 0.508 bits per heavy atom. The monoisotopic (exact) mass is 924 g/mol. The van der Waals surface area contributed by atoms with Crippen molar-refractivity contribution in [1.82, 2.24) is 5.32 Å². The van der Waals surface area contributed by atoms with Gasteiger partial charge in [-0.2, -0.15) is 0 Å². The first-order valence-electron chi connectivity index (χ1n) is 28.4. The summed E-state index contributed by atoms with van der Waals surface area (Å²) in [4.78, 5) is 13.0. The van der Waals surface area contributed by atoms with Crippen LogP contribution in [0.25, 0.3) is 0 Å². The van der Waals surface area contributed by atoms with E-state index in [0.29, 0.717) is 12.8 Å². The highest BCUT2D eigenvalue weighted by Crippen LogP contribution is 2.23. The lowest BCUT2D eigenvalue weighted by molar-refractivity contribution is -0.302. The van der Waals surface area contributed by atoms with E-state index in [-0.39, 0.29) is 12.5 Å². The van der Waals surface area contributed by atoms with Crippen molar-refractivity contribution >= 4 is 5.91 Å². The van der Waals surface area contributed by atoms with E-state index in [2.05, 4.69) is 31.3 Å². The normalized spacial score (nSPS) is 19.9. The van der Waals surface area contributed by atoms with Crippen molar-refractivity contribution in [3.63, 3.8) is 0 Å². The third-order valence-electron chi connectivity index (χ3n) is 13.9. The maximum Gasteiger partial charge on any atom is 0.220 e. The van der Waals surface area contributed by atoms with Gasteiger partial charge in [0, 0.05) is 6.42 Å². The van der Waals surface area contributed by atoms with Crippen molar-refractivity contribution in [2.75, 3.05) is 13.2 Å². The molecular formula is C56H109NO8. The number of aliphatic hydroxyl groups excluding tert-OH is 5. The number of aliphatic hydroxyl groups is 5. The molecule has 0 bridgehead atoms. The molecule has 1 amide bonds. The van der Waals surface area contributed by atoms with E-state index in [4.69, 9.17) is 9.47 Å². The highest BCUT2D eigenvalue weighted by Gasteiger charge is 2.44. The standard InChI is InChI=1S/C56H109NO8/c1-3-5-7-9-11-13-15-16-17-18-19-20-21-22-23-24-25-26-27-28-29-30-31-32-33-34-36-37-39-41-43-45-50(59)49(48-64-56-55(63)54(62)53(61)51(47-58)65-56)57-52(60)46-44-42-40-38-35-14-12-10-8-6-4-2/h10,12,49-51,53-56,58-59,61-63H,3-9,11,13-48H2,1-2H3,(H,57,60)/b12-10-. The number of amides is 1. The second-order valence-electron chi connectivity index (χ2n) is 20.1. The molecular weight excluding hydrogens is 815 g/mol. The highest BCUT2D eigenvalue weighted by molar-refractivity contribution is 5.76. The first-order valence-corrected chi connectivity index (χ1v) is 28.4. The van der Waals surface area contributed by atoms with E-state index in [1.165, 1.54) is 193 Å². The summed E-state index contributed by atoms with van der Waals surface area (Å²) in [6, 6.07) is -0.720. The van der Waals surface area contributed by atoms with Crippen LogP contribution in [0.3, 0.4) is 0 Å². The van der Waals surface area contributed by atoms with Crippen LogP contribution in [0.5, 0.6) is 0 Å². The molecule has 9 nitrogen and oxygen atoms in total. The van der Waals surface area contributed by atoms with Crippen molar-refractivity contribution in [3.8, 4) is 0 Å². The van der Waals surface area contributed by atoms with Crippen LogP contribution in [0.15, 0.2) is 12.2 Å². The van der Waals surface area contributed by atoms with Crippen LogP contribution in [-0.2, 0) is 14.3 Å². The Morgan fingerprint density at radius 3 is 1.29 bits per heavy atom. The van der Waals surface area contributed by atoms with Gasteiger partial charge in [0.2, 0.25) is 5.91 Å². The molecule has 1 fully saturated rings. The van der Waals surface area contributed by atoms with Crippen molar-refractivity contribution in [2.45, 2.75) is 326 Å². The van der Waals surface area contributed by atoms with Crippen molar-refractivity contribution in [2.24, 2.45) is 0 Å². The quantitative estimate of drug-likeness (QED) is 0.0261. The summed E-state index contributed by atoms with van der Waals surface area (Å²) in [5.41, 5.74) is 0. The van der Waals surface area contributed by atoms with E-state index < -0.39 is 49.5 Å². The van der Waals surface area contributed by atoms with Crippen LogP contribution in [0.4, 0.5) is 0 Å². The molecule has 0 aromatic carbocycles. The topological polar surface area (TPSA) is 149 Å². The van der Waals surface area contributed by atoms with Gasteiger partial charge >= 0.3 is 0 Å². The maximum atomic E-state index is 13.0. The fraction of sp³-hybridized carbons (Fsp3) is 0.946. The molecule has 0 aromatic rings. The zero-order valence-electron chi connectivity index (χ0n) is 42.8. The molecule has 0 aromatic heterocycles. The predicted molar refractivity (Wildman–Crippen MR) is 272 cm³/mol. The van der Waals surface area contributed by atoms with Gasteiger partial charge in [-0.25, -0.2) is 0 Å². The summed E-state index contributed by atoms with van der Waals surface area (Å²) < 4.78 is 11.3.